The standard InChI is InChI=1S/C57H88O25/c1-9-24(2)47(73)77-34-18-52(3,4)16-26-25-10-11-31-53(5)14-13-33(54(6,22-59)30(53)12-15-55(31,7)56(25,8)17-32(63)57(26,34)23-60)78-51-45(82-49-40(69)38(67)37(66)29(19-58)76-49)42(41(70)43(80-51)46(71)72)79-50-44(36(65)28(62)21-75-50)81-48-39(68)35(64)27(61)20-74-48/h9-10,22,26-45,48-51,58,60-70H,11-21,23H2,1-8H3,(H,71,72)/b24-9-/t26-,27+,28-,29+,30?,31?,32+,33-,34-,35-,36-,37-,38-,39+,40+,41-,42-,43-,44+,45+,48-,49-,50-,51+,53-,54-,55+,56+,57-/m0/s1. The van der Waals surface area contributed by atoms with Crippen molar-refractivity contribution < 1.29 is 123 Å². The van der Waals surface area contributed by atoms with E-state index < -0.39 is 200 Å². The number of allylic oxidation sites excluding steroid dienone is 3. The number of esters is 1. The molecule has 466 valence electrons. The molecule has 4 heterocycles. The van der Waals surface area contributed by atoms with E-state index in [4.69, 9.17) is 42.6 Å². The Kier molecular flexibility index (Phi) is 18.2. The molecule has 13 N–H and O–H groups in total. The number of ether oxygens (including phenoxy) is 9. The van der Waals surface area contributed by atoms with Crippen molar-refractivity contribution in [3.63, 3.8) is 0 Å². The van der Waals surface area contributed by atoms with E-state index in [0.717, 1.165) is 11.9 Å². The number of aliphatic carboxylic acids is 1. The van der Waals surface area contributed by atoms with E-state index in [9.17, 15) is 80.8 Å². The van der Waals surface area contributed by atoms with Crippen LogP contribution in [0.15, 0.2) is 23.3 Å². The van der Waals surface area contributed by atoms with Crippen molar-refractivity contribution >= 4 is 18.2 Å². The van der Waals surface area contributed by atoms with Gasteiger partial charge in [-0.05, 0) is 105 Å². The van der Waals surface area contributed by atoms with Crippen molar-refractivity contribution in [2.24, 2.45) is 50.2 Å². The van der Waals surface area contributed by atoms with Crippen LogP contribution in [0.1, 0.15) is 107 Å². The number of carboxylic acids is 1. The molecular formula is C57H88O25. The van der Waals surface area contributed by atoms with Crippen LogP contribution in [0, 0.1) is 50.2 Å². The third-order valence-electron chi connectivity index (χ3n) is 21.7. The summed E-state index contributed by atoms with van der Waals surface area (Å²) in [6.07, 6.45) is -28.9. The summed E-state index contributed by atoms with van der Waals surface area (Å²) in [5, 5.41) is 143. The van der Waals surface area contributed by atoms with E-state index in [1.807, 2.05) is 0 Å². The summed E-state index contributed by atoms with van der Waals surface area (Å²) in [6.45, 7) is 13.5. The monoisotopic (exact) mass is 1170 g/mol. The molecule has 0 radical (unpaired) electrons. The largest absolute Gasteiger partial charge is 0.479 e. The fourth-order valence-electron chi connectivity index (χ4n) is 16.7. The van der Waals surface area contributed by atoms with Crippen molar-refractivity contribution in [1.29, 1.82) is 0 Å². The number of aliphatic hydroxyl groups excluding tert-OH is 12. The fraction of sp³-hybridized carbons (Fsp3) is 0.877. The number of rotatable bonds is 14. The summed E-state index contributed by atoms with van der Waals surface area (Å²) in [5.41, 5.74) is -3.05. The zero-order valence-corrected chi connectivity index (χ0v) is 47.8. The number of aldehydes is 1. The van der Waals surface area contributed by atoms with Crippen LogP contribution in [0.2, 0.25) is 0 Å². The van der Waals surface area contributed by atoms with Gasteiger partial charge in [0.15, 0.2) is 31.3 Å². The third-order valence-corrected chi connectivity index (χ3v) is 21.7. The van der Waals surface area contributed by atoms with Crippen LogP contribution >= 0.6 is 0 Å². The van der Waals surface area contributed by atoms with Gasteiger partial charge < -0.3 is 114 Å². The molecule has 4 saturated heterocycles. The summed E-state index contributed by atoms with van der Waals surface area (Å²) >= 11 is 0. The maximum Gasteiger partial charge on any atom is 0.335 e. The van der Waals surface area contributed by atoms with Gasteiger partial charge in [0.25, 0.3) is 0 Å². The molecule has 0 aromatic rings. The first-order valence-corrected chi connectivity index (χ1v) is 28.8. The number of carbonyl (C=O) groups is 3. The van der Waals surface area contributed by atoms with Gasteiger partial charge in [-0.25, -0.2) is 9.59 Å². The average Bonchev–Trinajstić information content (AvgIpc) is 0.800. The zero-order chi connectivity index (χ0) is 60.1. The lowest BCUT2D eigenvalue weighted by Gasteiger charge is -2.72. The van der Waals surface area contributed by atoms with Crippen molar-refractivity contribution in [3.05, 3.63) is 23.3 Å². The molecule has 5 aliphatic carbocycles. The van der Waals surface area contributed by atoms with Crippen LogP contribution in [-0.4, -0.2) is 240 Å². The quantitative estimate of drug-likeness (QED) is 0.0308. The highest BCUT2D eigenvalue weighted by molar-refractivity contribution is 5.87. The molecule has 4 aliphatic heterocycles. The first kappa shape index (κ1) is 63.8. The van der Waals surface area contributed by atoms with Crippen LogP contribution < -0.4 is 0 Å². The normalized spacial score (nSPS) is 52.2. The molecule has 2 unspecified atom stereocenters. The first-order chi connectivity index (χ1) is 38.4. The molecule has 8 fully saturated rings. The molecule has 4 saturated carbocycles. The van der Waals surface area contributed by atoms with Crippen molar-refractivity contribution in [1.82, 2.24) is 0 Å². The van der Waals surface area contributed by atoms with Crippen molar-refractivity contribution in [3.8, 4) is 0 Å². The van der Waals surface area contributed by atoms with E-state index >= 15 is 0 Å². The second-order valence-corrected chi connectivity index (χ2v) is 26.7. The SMILES string of the molecule is C/C=C(/C)C(=O)O[C@H]1CC(C)(C)C[C@H]2C3=CCC4[C@@]5(C)CC[C@H](O[C@@H]6O[C@H](C(=O)O)[C@@H](O)[C@H](O[C@@H]7OC[C@H](O)[C@H](O)[C@H]7O[C@@H]7OC[C@@H](O)[C@H](O)[C@H]7O)[C@H]6O[C@@H]6O[C@H](CO)[C@H](O)[C@H](O)[C@H]6O)[C@@](C)(C=O)C5CC[C@@]4(C)[C@]3(C)C[C@@H](O)[C@@]12CO. The third kappa shape index (κ3) is 10.4. The lowest BCUT2D eigenvalue weighted by atomic mass is 9.33. The van der Waals surface area contributed by atoms with Gasteiger partial charge in [0, 0.05) is 5.57 Å². The molecule has 25 nitrogen and oxygen atoms in total. The highest BCUT2D eigenvalue weighted by atomic mass is 16.8. The maximum absolute atomic E-state index is 14.1. The summed E-state index contributed by atoms with van der Waals surface area (Å²) < 4.78 is 54.4. The summed E-state index contributed by atoms with van der Waals surface area (Å²) in [5.74, 6) is -3.08. The Hall–Kier alpha value is -2.71. The molecule has 9 rings (SSSR count). The molecule has 82 heavy (non-hydrogen) atoms. The molecule has 0 bridgehead atoms. The number of hydrogen-bond donors (Lipinski definition) is 13. The number of aliphatic hydroxyl groups is 12. The topological polar surface area (TPSA) is 397 Å². The Morgan fingerprint density at radius 3 is 1.94 bits per heavy atom. The van der Waals surface area contributed by atoms with Gasteiger partial charge in [-0.2, -0.15) is 0 Å². The highest BCUT2D eigenvalue weighted by Crippen LogP contribution is 2.76. The van der Waals surface area contributed by atoms with Crippen molar-refractivity contribution in [2.75, 3.05) is 26.4 Å². The van der Waals surface area contributed by atoms with E-state index in [-0.39, 0.29) is 30.1 Å². The van der Waals surface area contributed by atoms with Crippen LogP contribution in [0.4, 0.5) is 0 Å². The predicted molar refractivity (Wildman–Crippen MR) is 278 cm³/mol. The van der Waals surface area contributed by atoms with Crippen LogP contribution in [0.3, 0.4) is 0 Å². The zero-order valence-electron chi connectivity index (χ0n) is 47.8. The molecule has 0 spiro atoms. The van der Waals surface area contributed by atoms with Gasteiger partial charge >= 0.3 is 11.9 Å². The molecule has 0 aromatic heterocycles. The lowest BCUT2D eigenvalue weighted by molar-refractivity contribution is -0.398. The number of fused-ring (bicyclic) bond motifs is 7. The Balaban J connectivity index is 1.04. The molecule has 25 heteroatoms. The second kappa shape index (κ2) is 23.4. The highest BCUT2D eigenvalue weighted by Gasteiger charge is 2.73. The fourth-order valence-corrected chi connectivity index (χ4v) is 16.7. The van der Waals surface area contributed by atoms with E-state index in [2.05, 4.69) is 40.7 Å². The number of hydrogen-bond acceptors (Lipinski definition) is 24. The first-order valence-electron chi connectivity index (χ1n) is 28.8. The van der Waals surface area contributed by atoms with Gasteiger partial charge in [-0.1, -0.05) is 59.3 Å². The van der Waals surface area contributed by atoms with Crippen LogP contribution in [0.25, 0.3) is 0 Å². The minimum absolute atomic E-state index is 0.0883. The number of carboxylic acid groups (broad SMARTS) is 1. The van der Waals surface area contributed by atoms with Gasteiger partial charge in [-0.3, -0.25) is 0 Å². The Morgan fingerprint density at radius 1 is 0.671 bits per heavy atom. The Bertz CT molecular complexity index is 2390. The molecule has 29 atom stereocenters. The maximum atomic E-state index is 14.1. The predicted octanol–water partition coefficient (Wildman–Crippen LogP) is -1.55. The van der Waals surface area contributed by atoms with E-state index in [1.165, 1.54) is 0 Å². The molecular weight excluding hydrogens is 1080 g/mol. The van der Waals surface area contributed by atoms with Gasteiger partial charge in [-0.15, -0.1) is 0 Å². The minimum Gasteiger partial charge on any atom is -0.479 e. The van der Waals surface area contributed by atoms with E-state index in [1.54, 1.807) is 26.8 Å². The van der Waals surface area contributed by atoms with Gasteiger partial charge in [0.05, 0.1) is 49.5 Å². The average molecular weight is 1170 g/mol. The van der Waals surface area contributed by atoms with Gasteiger partial charge in [0.2, 0.25) is 0 Å². The minimum atomic E-state index is -2.26. The smallest absolute Gasteiger partial charge is 0.335 e. The Labute approximate surface area is 476 Å². The lowest BCUT2D eigenvalue weighted by Crippen LogP contribution is -2.70. The summed E-state index contributed by atoms with van der Waals surface area (Å²) in [4.78, 5) is 40.7. The number of carbonyl (C=O) groups excluding carboxylic acids is 2. The van der Waals surface area contributed by atoms with Crippen molar-refractivity contribution in [2.45, 2.75) is 236 Å². The second-order valence-electron chi connectivity index (χ2n) is 26.7. The van der Waals surface area contributed by atoms with E-state index in [0.29, 0.717) is 44.1 Å². The molecule has 0 aromatic carbocycles. The molecule has 0 amide bonds. The van der Waals surface area contributed by atoms with Crippen LogP contribution in [0.5, 0.6) is 0 Å². The van der Waals surface area contributed by atoms with Crippen LogP contribution in [-0.2, 0) is 57.0 Å². The summed E-state index contributed by atoms with van der Waals surface area (Å²) in [6, 6.07) is 0. The molecule has 9 aliphatic rings. The Morgan fingerprint density at radius 2 is 1.30 bits per heavy atom. The summed E-state index contributed by atoms with van der Waals surface area (Å²) in [7, 11) is 0. The van der Waals surface area contributed by atoms with Gasteiger partial charge in [0.1, 0.15) is 91.7 Å².